The minimum Gasteiger partial charge on any atom is -0.493 e. The molecule has 0 bridgehead atoms. The number of carbonyl (C=O) groups excluding carboxylic acids is 2. The summed E-state index contributed by atoms with van der Waals surface area (Å²) >= 11 is 1.46. The Labute approximate surface area is 173 Å². The van der Waals surface area contributed by atoms with E-state index in [2.05, 4.69) is 0 Å². The second-order valence-corrected chi connectivity index (χ2v) is 7.63. The molecule has 0 saturated carbocycles. The molecular weight excluding hydrogens is 392 g/mol. The Morgan fingerprint density at radius 2 is 1.79 bits per heavy atom. The summed E-state index contributed by atoms with van der Waals surface area (Å²) < 4.78 is 16.0. The van der Waals surface area contributed by atoms with Crippen LogP contribution in [0.3, 0.4) is 0 Å². The van der Waals surface area contributed by atoms with Crippen molar-refractivity contribution in [3.8, 4) is 11.5 Å². The maximum Gasteiger partial charge on any atom is 0.278 e. The first kappa shape index (κ1) is 19.5. The average Bonchev–Trinajstić information content (AvgIpc) is 3.36. The molecule has 8 heteroatoms. The first-order valence-corrected chi connectivity index (χ1v) is 10.2. The number of thiophene rings is 1. The summed E-state index contributed by atoms with van der Waals surface area (Å²) in [5.41, 5.74) is 1.74. The van der Waals surface area contributed by atoms with Crippen LogP contribution in [0, 0.1) is 0 Å². The van der Waals surface area contributed by atoms with Crippen molar-refractivity contribution in [3.63, 3.8) is 0 Å². The van der Waals surface area contributed by atoms with Gasteiger partial charge in [0.2, 0.25) is 0 Å². The van der Waals surface area contributed by atoms with Crippen LogP contribution in [0.15, 0.2) is 41.4 Å². The van der Waals surface area contributed by atoms with E-state index in [9.17, 15) is 9.59 Å². The first-order valence-electron chi connectivity index (χ1n) is 9.32. The zero-order chi connectivity index (χ0) is 20.4. The molecule has 1 aromatic carbocycles. The zero-order valence-electron chi connectivity index (χ0n) is 16.3. The molecule has 7 nitrogen and oxygen atoms in total. The molecule has 1 saturated heterocycles. The smallest absolute Gasteiger partial charge is 0.278 e. The summed E-state index contributed by atoms with van der Waals surface area (Å²) in [5, 5.41) is 1.91. The van der Waals surface area contributed by atoms with Gasteiger partial charge in [0.05, 0.1) is 39.6 Å². The molecule has 2 aliphatic heterocycles. The van der Waals surface area contributed by atoms with Crippen molar-refractivity contribution in [1.82, 2.24) is 9.80 Å². The lowest BCUT2D eigenvalue weighted by molar-refractivity contribution is -0.138. The minimum atomic E-state index is -0.270. The fourth-order valence-electron chi connectivity index (χ4n) is 3.59. The average molecular weight is 414 g/mol. The number of nitrogens with zero attached hydrogens (tertiary/aromatic N) is 2. The summed E-state index contributed by atoms with van der Waals surface area (Å²) in [5.74, 6) is 0.620. The molecule has 0 unspecified atom stereocenters. The molecule has 2 aromatic rings. The summed E-state index contributed by atoms with van der Waals surface area (Å²) in [6, 6.07) is 9.16. The van der Waals surface area contributed by atoms with Gasteiger partial charge in [-0.25, -0.2) is 0 Å². The van der Waals surface area contributed by atoms with Crippen LogP contribution in [0.2, 0.25) is 0 Å². The molecule has 0 aliphatic carbocycles. The van der Waals surface area contributed by atoms with Crippen LogP contribution in [-0.2, 0) is 20.9 Å². The maximum absolute atomic E-state index is 13.3. The van der Waals surface area contributed by atoms with Crippen LogP contribution in [0.1, 0.15) is 10.4 Å². The number of morpholine rings is 1. The Morgan fingerprint density at radius 3 is 2.45 bits per heavy atom. The van der Waals surface area contributed by atoms with E-state index in [1.54, 1.807) is 26.4 Å². The number of ether oxygens (including phenoxy) is 3. The second-order valence-electron chi connectivity index (χ2n) is 6.69. The molecule has 1 fully saturated rings. The van der Waals surface area contributed by atoms with Gasteiger partial charge in [0.25, 0.3) is 11.8 Å². The van der Waals surface area contributed by atoms with Crippen LogP contribution in [0.25, 0.3) is 5.57 Å². The largest absolute Gasteiger partial charge is 0.493 e. The molecule has 29 heavy (non-hydrogen) atoms. The third-order valence-electron chi connectivity index (χ3n) is 5.03. The highest BCUT2D eigenvalue weighted by molar-refractivity contribution is 7.11. The monoisotopic (exact) mass is 414 g/mol. The molecule has 2 aliphatic rings. The van der Waals surface area contributed by atoms with Crippen molar-refractivity contribution < 1.29 is 23.8 Å². The Balaban J connectivity index is 1.67. The van der Waals surface area contributed by atoms with Crippen LogP contribution >= 0.6 is 11.3 Å². The standard InChI is InChI=1S/C21H22N2O5S/c1-26-15-6-5-14(12-16(15)27-2)13-23-20(24)18(17-4-3-11-29-17)19(21(23)25)22-7-9-28-10-8-22/h3-6,11-12H,7-10,13H2,1-2H3. The molecule has 152 valence electrons. The number of amides is 2. The van der Waals surface area contributed by atoms with Crippen molar-refractivity contribution in [1.29, 1.82) is 0 Å². The van der Waals surface area contributed by atoms with Gasteiger partial charge in [-0.05, 0) is 29.1 Å². The van der Waals surface area contributed by atoms with Crippen molar-refractivity contribution >= 4 is 28.7 Å². The molecule has 0 spiro atoms. The minimum absolute atomic E-state index is 0.167. The SMILES string of the molecule is COc1ccc(CN2C(=O)C(c3cccs3)=C(N3CCOCC3)C2=O)cc1OC. The van der Waals surface area contributed by atoms with Crippen LogP contribution in [0.5, 0.6) is 11.5 Å². The molecule has 0 N–H and O–H groups in total. The molecule has 1 aromatic heterocycles. The van der Waals surface area contributed by atoms with Crippen molar-refractivity contribution in [3.05, 3.63) is 51.8 Å². The van der Waals surface area contributed by atoms with Gasteiger partial charge in [-0.2, -0.15) is 0 Å². The van der Waals surface area contributed by atoms with E-state index in [4.69, 9.17) is 14.2 Å². The Morgan fingerprint density at radius 1 is 1.03 bits per heavy atom. The van der Waals surface area contributed by atoms with Gasteiger partial charge in [-0.15, -0.1) is 11.3 Å². The summed E-state index contributed by atoms with van der Waals surface area (Å²) in [4.78, 5) is 30.7. The summed E-state index contributed by atoms with van der Waals surface area (Å²) in [6.45, 7) is 2.43. The maximum atomic E-state index is 13.3. The van der Waals surface area contributed by atoms with Gasteiger partial charge in [0.1, 0.15) is 5.70 Å². The highest BCUT2D eigenvalue weighted by Gasteiger charge is 2.42. The summed E-state index contributed by atoms with van der Waals surface area (Å²) in [7, 11) is 3.12. The number of imide groups is 1. The number of rotatable bonds is 6. The van der Waals surface area contributed by atoms with Gasteiger partial charge in [0, 0.05) is 18.0 Å². The van der Waals surface area contributed by atoms with E-state index in [-0.39, 0.29) is 18.4 Å². The number of benzene rings is 1. The van der Waals surface area contributed by atoms with Gasteiger partial charge < -0.3 is 19.1 Å². The topological polar surface area (TPSA) is 68.3 Å². The number of hydrogen-bond donors (Lipinski definition) is 0. The molecular formula is C21H22N2O5S. The predicted molar refractivity (Wildman–Crippen MR) is 109 cm³/mol. The first-order chi connectivity index (χ1) is 14.1. The van der Waals surface area contributed by atoms with E-state index in [0.717, 1.165) is 10.4 Å². The lowest BCUT2D eigenvalue weighted by Crippen LogP contribution is -2.40. The lowest BCUT2D eigenvalue weighted by atomic mass is 10.1. The van der Waals surface area contributed by atoms with Crippen molar-refractivity contribution in [2.24, 2.45) is 0 Å². The highest BCUT2D eigenvalue weighted by atomic mass is 32.1. The highest BCUT2D eigenvalue weighted by Crippen LogP contribution is 2.36. The Kier molecular flexibility index (Phi) is 5.55. The lowest BCUT2D eigenvalue weighted by Gasteiger charge is -2.29. The molecule has 4 rings (SSSR count). The van der Waals surface area contributed by atoms with Crippen LogP contribution < -0.4 is 9.47 Å². The van der Waals surface area contributed by atoms with Crippen LogP contribution in [-0.4, -0.2) is 62.1 Å². The molecule has 2 amide bonds. The van der Waals surface area contributed by atoms with Gasteiger partial charge in [-0.1, -0.05) is 12.1 Å². The Hall–Kier alpha value is -2.84. The second kappa shape index (κ2) is 8.26. The normalized spacial score (nSPS) is 17.3. The van der Waals surface area contributed by atoms with E-state index >= 15 is 0 Å². The molecule has 3 heterocycles. The van der Waals surface area contributed by atoms with Gasteiger partial charge in [-0.3, -0.25) is 14.5 Å². The zero-order valence-corrected chi connectivity index (χ0v) is 17.2. The van der Waals surface area contributed by atoms with E-state index in [0.29, 0.717) is 49.1 Å². The van der Waals surface area contributed by atoms with E-state index < -0.39 is 0 Å². The quantitative estimate of drug-likeness (QED) is 0.676. The van der Waals surface area contributed by atoms with Crippen molar-refractivity contribution in [2.45, 2.75) is 6.54 Å². The predicted octanol–water partition coefficient (Wildman–Crippen LogP) is 2.38. The number of carbonyl (C=O) groups is 2. The molecule has 0 atom stereocenters. The van der Waals surface area contributed by atoms with E-state index in [1.165, 1.54) is 16.2 Å². The van der Waals surface area contributed by atoms with Gasteiger partial charge in [0.15, 0.2) is 11.5 Å². The third-order valence-corrected chi connectivity index (χ3v) is 5.91. The van der Waals surface area contributed by atoms with Gasteiger partial charge >= 0.3 is 0 Å². The van der Waals surface area contributed by atoms with Crippen LogP contribution in [0.4, 0.5) is 0 Å². The Bertz CT molecular complexity index is 948. The van der Waals surface area contributed by atoms with E-state index in [1.807, 2.05) is 28.5 Å². The fraction of sp³-hybridized carbons (Fsp3) is 0.333. The fourth-order valence-corrected chi connectivity index (χ4v) is 4.35. The third kappa shape index (κ3) is 3.61. The molecule has 0 radical (unpaired) electrons. The number of methoxy groups -OCH3 is 2. The van der Waals surface area contributed by atoms with Crippen molar-refractivity contribution in [2.75, 3.05) is 40.5 Å². The summed E-state index contributed by atoms with van der Waals surface area (Å²) in [6.07, 6.45) is 0. The number of hydrogen-bond acceptors (Lipinski definition) is 7.